The SMILES string of the molecule is CCC(C#N)(CCCN1CCOCC1C)NC(C)C. The second-order valence-electron chi connectivity index (χ2n) is 5.91. The van der Waals surface area contributed by atoms with Crippen molar-refractivity contribution >= 4 is 0 Å². The molecule has 2 unspecified atom stereocenters. The molecule has 0 saturated carbocycles. The minimum atomic E-state index is -0.357. The Kier molecular flexibility index (Phi) is 6.78. The van der Waals surface area contributed by atoms with Crippen LogP contribution >= 0.6 is 0 Å². The zero-order valence-electron chi connectivity index (χ0n) is 12.9. The van der Waals surface area contributed by atoms with E-state index in [0.717, 1.165) is 45.6 Å². The van der Waals surface area contributed by atoms with Crippen LogP contribution in [0.5, 0.6) is 0 Å². The second-order valence-corrected chi connectivity index (χ2v) is 5.91. The summed E-state index contributed by atoms with van der Waals surface area (Å²) in [6.45, 7) is 12.3. The second kappa shape index (κ2) is 7.84. The molecule has 2 atom stereocenters. The molecule has 1 rings (SSSR count). The summed E-state index contributed by atoms with van der Waals surface area (Å²) < 4.78 is 5.45. The first kappa shape index (κ1) is 16.4. The molecule has 0 spiro atoms. The van der Waals surface area contributed by atoms with Crippen molar-refractivity contribution in [1.29, 1.82) is 5.26 Å². The first-order chi connectivity index (χ1) is 9.03. The highest BCUT2D eigenvalue weighted by Crippen LogP contribution is 2.19. The highest BCUT2D eigenvalue weighted by atomic mass is 16.5. The molecule has 0 aromatic rings. The van der Waals surface area contributed by atoms with Crippen LogP contribution in [0.1, 0.15) is 47.0 Å². The van der Waals surface area contributed by atoms with Gasteiger partial charge in [-0.05, 0) is 46.6 Å². The van der Waals surface area contributed by atoms with Crippen LogP contribution in [0.25, 0.3) is 0 Å². The molecule has 1 fully saturated rings. The Hall–Kier alpha value is -0.630. The molecule has 0 bridgehead atoms. The number of rotatable bonds is 7. The fourth-order valence-corrected chi connectivity index (χ4v) is 2.75. The number of nitrogens with one attached hydrogen (secondary N) is 1. The van der Waals surface area contributed by atoms with Gasteiger partial charge >= 0.3 is 0 Å². The number of nitriles is 1. The molecule has 0 aliphatic carbocycles. The number of hydrogen-bond acceptors (Lipinski definition) is 4. The van der Waals surface area contributed by atoms with E-state index in [1.807, 2.05) is 0 Å². The zero-order chi connectivity index (χ0) is 14.3. The average Bonchev–Trinajstić information content (AvgIpc) is 2.39. The summed E-state index contributed by atoms with van der Waals surface area (Å²) in [6.07, 6.45) is 2.84. The first-order valence-electron chi connectivity index (χ1n) is 7.53. The van der Waals surface area contributed by atoms with Gasteiger partial charge in [-0.15, -0.1) is 0 Å². The Morgan fingerprint density at radius 2 is 2.26 bits per heavy atom. The molecule has 4 nitrogen and oxygen atoms in total. The van der Waals surface area contributed by atoms with Gasteiger partial charge in [0, 0.05) is 18.6 Å². The quantitative estimate of drug-likeness (QED) is 0.768. The van der Waals surface area contributed by atoms with Gasteiger partial charge in [-0.25, -0.2) is 0 Å². The Labute approximate surface area is 118 Å². The summed E-state index contributed by atoms with van der Waals surface area (Å²) in [6, 6.07) is 3.34. The summed E-state index contributed by atoms with van der Waals surface area (Å²) in [4.78, 5) is 2.47. The number of ether oxygens (including phenoxy) is 1. The molecule has 0 amide bonds. The third-order valence-electron chi connectivity index (χ3n) is 3.94. The molecule has 1 saturated heterocycles. The van der Waals surface area contributed by atoms with Crippen LogP contribution in [0.15, 0.2) is 0 Å². The molecule has 19 heavy (non-hydrogen) atoms. The van der Waals surface area contributed by atoms with Gasteiger partial charge in [-0.1, -0.05) is 6.92 Å². The van der Waals surface area contributed by atoms with Crippen molar-refractivity contribution in [1.82, 2.24) is 10.2 Å². The van der Waals surface area contributed by atoms with Crippen molar-refractivity contribution in [3.05, 3.63) is 0 Å². The van der Waals surface area contributed by atoms with Gasteiger partial charge in [0.2, 0.25) is 0 Å². The fraction of sp³-hybridized carbons (Fsp3) is 0.933. The molecule has 1 aliphatic heterocycles. The van der Waals surface area contributed by atoms with Crippen LogP contribution in [-0.2, 0) is 4.74 Å². The van der Waals surface area contributed by atoms with Crippen molar-refractivity contribution in [2.75, 3.05) is 26.3 Å². The van der Waals surface area contributed by atoms with Crippen molar-refractivity contribution in [3.63, 3.8) is 0 Å². The maximum Gasteiger partial charge on any atom is 0.106 e. The third kappa shape index (κ3) is 5.10. The molecule has 0 aromatic carbocycles. The van der Waals surface area contributed by atoms with Crippen molar-refractivity contribution in [2.24, 2.45) is 0 Å². The Morgan fingerprint density at radius 3 is 2.79 bits per heavy atom. The van der Waals surface area contributed by atoms with E-state index >= 15 is 0 Å². The van der Waals surface area contributed by atoms with Gasteiger partial charge in [0.25, 0.3) is 0 Å². The normalized spacial score (nSPS) is 24.1. The lowest BCUT2D eigenvalue weighted by molar-refractivity contribution is -0.00149. The summed E-state index contributed by atoms with van der Waals surface area (Å²) in [5, 5.41) is 12.9. The van der Waals surface area contributed by atoms with Crippen molar-refractivity contribution in [2.45, 2.75) is 64.6 Å². The van der Waals surface area contributed by atoms with Gasteiger partial charge < -0.3 is 4.74 Å². The zero-order valence-corrected chi connectivity index (χ0v) is 12.9. The van der Waals surface area contributed by atoms with Crippen molar-refractivity contribution in [3.8, 4) is 6.07 Å². The third-order valence-corrected chi connectivity index (χ3v) is 3.94. The molecular formula is C15H29N3O. The minimum absolute atomic E-state index is 0.349. The molecular weight excluding hydrogens is 238 g/mol. The predicted molar refractivity (Wildman–Crippen MR) is 78.0 cm³/mol. The lowest BCUT2D eigenvalue weighted by atomic mass is 9.91. The molecule has 0 radical (unpaired) electrons. The summed E-state index contributed by atoms with van der Waals surface area (Å²) >= 11 is 0. The Bertz CT molecular complexity index is 300. The van der Waals surface area contributed by atoms with Gasteiger partial charge in [0.05, 0.1) is 19.3 Å². The molecule has 1 N–H and O–H groups in total. The largest absolute Gasteiger partial charge is 0.379 e. The Balaban J connectivity index is 2.41. The van der Waals surface area contributed by atoms with Gasteiger partial charge in [-0.3, -0.25) is 10.2 Å². The van der Waals surface area contributed by atoms with E-state index in [0.29, 0.717) is 12.1 Å². The Morgan fingerprint density at radius 1 is 1.53 bits per heavy atom. The maximum absolute atomic E-state index is 9.47. The highest BCUT2D eigenvalue weighted by Gasteiger charge is 2.28. The van der Waals surface area contributed by atoms with E-state index < -0.39 is 0 Å². The molecule has 110 valence electrons. The maximum atomic E-state index is 9.47. The van der Waals surface area contributed by atoms with Crippen LogP contribution in [0.4, 0.5) is 0 Å². The smallest absolute Gasteiger partial charge is 0.106 e. The van der Waals surface area contributed by atoms with E-state index in [4.69, 9.17) is 4.74 Å². The molecule has 0 aromatic heterocycles. The number of hydrogen-bond donors (Lipinski definition) is 1. The first-order valence-corrected chi connectivity index (χ1v) is 7.53. The molecule has 1 aliphatic rings. The number of nitrogens with zero attached hydrogens (tertiary/aromatic N) is 2. The summed E-state index contributed by atoms with van der Waals surface area (Å²) in [7, 11) is 0. The van der Waals surface area contributed by atoms with E-state index in [9.17, 15) is 5.26 Å². The molecule has 1 heterocycles. The fourth-order valence-electron chi connectivity index (χ4n) is 2.75. The van der Waals surface area contributed by atoms with Crippen LogP contribution in [0.3, 0.4) is 0 Å². The van der Waals surface area contributed by atoms with Crippen LogP contribution in [0, 0.1) is 11.3 Å². The average molecular weight is 267 g/mol. The van der Waals surface area contributed by atoms with E-state index in [1.165, 1.54) is 0 Å². The van der Waals surface area contributed by atoms with E-state index in [-0.39, 0.29) is 5.54 Å². The predicted octanol–water partition coefficient (Wildman–Crippen LogP) is 2.16. The lowest BCUT2D eigenvalue weighted by Crippen LogP contribution is -2.48. The number of morpholine rings is 1. The molecule has 4 heteroatoms. The van der Waals surface area contributed by atoms with Crippen LogP contribution in [-0.4, -0.2) is 48.8 Å². The van der Waals surface area contributed by atoms with Gasteiger partial charge in [0.1, 0.15) is 5.54 Å². The van der Waals surface area contributed by atoms with E-state index in [1.54, 1.807) is 0 Å². The monoisotopic (exact) mass is 267 g/mol. The van der Waals surface area contributed by atoms with Gasteiger partial charge in [-0.2, -0.15) is 5.26 Å². The van der Waals surface area contributed by atoms with Crippen LogP contribution in [0.2, 0.25) is 0 Å². The van der Waals surface area contributed by atoms with Gasteiger partial charge in [0.15, 0.2) is 0 Å². The van der Waals surface area contributed by atoms with Crippen molar-refractivity contribution < 1.29 is 4.74 Å². The summed E-state index contributed by atoms with van der Waals surface area (Å²) in [5.41, 5.74) is -0.357. The van der Waals surface area contributed by atoms with E-state index in [2.05, 4.69) is 44.0 Å². The van der Waals surface area contributed by atoms with Crippen LogP contribution < -0.4 is 5.32 Å². The standard InChI is InChI=1S/C15H29N3O/c1-5-15(12-16,17-13(2)3)7-6-8-18-9-10-19-11-14(18)4/h13-14,17H,5-11H2,1-4H3. The topological polar surface area (TPSA) is 48.3 Å². The highest BCUT2D eigenvalue weighted by molar-refractivity contribution is 5.06. The minimum Gasteiger partial charge on any atom is -0.379 e. The summed E-state index contributed by atoms with van der Waals surface area (Å²) in [5.74, 6) is 0. The lowest BCUT2D eigenvalue weighted by Gasteiger charge is -2.35.